The van der Waals surface area contributed by atoms with Gasteiger partial charge in [-0.25, -0.2) is 4.39 Å². The number of nitrogens with zero attached hydrogens (tertiary/aromatic N) is 3. The van der Waals surface area contributed by atoms with Crippen LogP contribution in [-0.2, 0) is 16.1 Å². The third-order valence-corrected chi connectivity index (χ3v) is 4.08. The van der Waals surface area contributed by atoms with E-state index >= 15 is 0 Å². The molecule has 0 aliphatic carbocycles. The lowest BCUT2D eigenvalue weighted by molar-refractivity contribution is -0.131. The van der Waals surface area contributed by atoms with Gasteiger partial charge in [-0.15, -0.1) is 5.10 Å². The highest BCUT2D eigenvalue weighted by molar-refractivity contribution is 6.06. The number of halogens is 1. The van der Waals surface area contributed by atoms with Gasteiger partial charge in [0.1, 0.15) is 11.7 Å². The fraction of sp³-hybridized carbons (Fsp3) is 0.158. The van der Waals surface area contributed by atoms with Gasteiger partial charge in [0, 0.05) is 5.56 Å². The third kappa shape index (κ3) is 4.17. The Morgan fingerprint density at radius 2 is 1.81 bits per heavy atom. The van der Waals surface area contributed by atoms with Gasteiger partial charge < -0.3 is 5.73 Å². The second kappa shape index (κ2) is 7.77. The first-order valence-electron chi connectivity index (χ1n) is 8.28. The molecule has 0 fully saturated rings. The van der Waals surface area contributed by atoms with Crippen molar-refractivity contribution in [1.29, 1.82) is 0 Å². The summed E-state index contributed by atoms with van der Waals surface area (Å²) in [6.07, 6.45) is 0. The van der Waals surface area contributed by atoms with E-state index in [2.05, 4.69) is 15.2 Å². The number of rotatable bonds is 6. The number of benzene rings is 2. The topological polar surface area (TPSA) is 105 Å². The van der Waals surface area contributed by atoms with Crippen LogP contribution in [0.2, 0.25) is 0 Å². The number of H-pyrrole nitrogens is 1. The molecule has 138 valence electrons. The van der Waals surface area contributed by atoms with Gasteiger partial charge in [0.15, 0.2) is 5.82 Å². The van der Waals surface area contributed by atoms with Crippen LogP contribution in [0.1, 0.15) is 12.5 Å². The number of hydrogen-bond donors (Lipinski definition) is 2. The van der Waals surface area contributed by atoms with E-state index in [-0.39, 0.29) is 18.3 Å². The van der Waals surface area contributed by atoms with Crippen molar-refractivity contribution in [3.8, 4) is 11.4 Å². The normalized spacial score (nSPS) is 11.8. The summed E-state index contributed by atoms with van der Waals surface area (Å²) >= 11 is 0. The zero-order chi connectivity index (χ0) is 19.4. The molecule has 7 nitrogen and oxygen atoms in total. The summed E-state index contributed by atoms with van der Waals surface area (Å²) in [7, 11) is 0. The lowest BCUT2D eigenvalue weighted by Crippen LogP contribution is -2.40. The molecule has 3 aromatic rings. The Hall–Kier alpha value is -3.55. The number of hydrogen-bond acceptors (Lipinski definition) is 4. The lowest BCUT2D eigenvalue weighted by atomic mass is 10.1. The second-order valence-electron chi connectivity index (χ2n) is 6.02. The number of aromatic amines is 1. The molecule has 0 aliphatic heterocycles. The first-order chi connectivity index (χ1) is 13.0. The van der Waals surface area contributed by atoms with Gasteiger partial charge in [0.25, 0.3) is 5.95 Å². The highest BCUT2D eigenvalue weighted by atomic mass is 19.1. The van der Waals surface area contributed by atoms with E-state index in [0.29, 0.717) is 11.4 Å². The minimum Gasteiger partial charge on any atom is -0.369 e. The summed E-state index contributed by atoms with van der Waals surface area (Å²) < 4.78 is 13.1. The van der Waals surface area contributed by atoms with E-state index in [4.69, 9.17) is 5.73 Å². The first-order valence-corrected chi connectivity index (χ1v) is 8.28. The minimum absolute atomic E-state index is 0.108. The van der Waals surface area contributed by atoms with Gasteiger partial charge in [0.2, 0.25) is 11.8 Å². The summed E-state index contributed by atoms with van der Waals surface area (Å²) in [5.41, 5.74) is 6.75. The summed E-state index contributed by atoms with van der Waals surface area (Å²) in [5.74, 6) is -2.14. The zero-order valence-electron chi connectivity index (χ0n) is 14.6. The molecule has 27 heavy (non-hydrogen) atoms. The predicted octanol–water partition coefficient (Wildman–Crippen LogP) is 2.27. The highest BCUT2D eigenvalue weighted by Crippen LogP contribution is 2.21. The van der Waals surface area contributed by atoms with Gasteiger partial charge in [-0.1, -0.05) is 30.3 Å². The van der Waals surface area contributed by atoms with Gasteiger partial charge in [-0.2, -0.15) is 4.98 Å². The van der Waals surface area contributed by atoms with E-state index in [9.17, 15) is 14.0 Å². The monoisotopic (exact) mass is 367 g/mol. The average Bonchev–Trinajstić information content (AvgIpc) is 3.16. The van der Waals surface area contributed by atoms with E-state index < -0.39 is 17.7 Å². The molecule has 1 aromatic heterocycles. The van der Waals surface area contributed by atoms with Crippen molar-refractivity contribution in [3.05, 3.63) is 66.0 Å². The Bertz CT molecular complexity index is 940. The fourth-order valence-corrected chi connectivity index (χ4v) is 2.48. The summed E-state index contributed by atoms with van der Waals surface area (Å²) in [4.78, 5) is 29.9. The maximum Gasteiger partial charge on any atom is 0.252 e. The van der Waals surface area contributed by atoms with E-state index in [1.54, 1.807) is 12.1 Å². The standard InChI is InChI=1S/C19H18FN5O2/c1-12(16(21)26)18(27)25(11-13-5-3-2-4-6-13)19-22-17(23-24-19)14-7-9-15(20)10-8-14/h2-10,12H,11H2,1H3,(H2,21,26)(H,22,23,24). The molecule has 2 amide bonds. The van der Waals surface area contributed by atoms with Crippen molar-refractivity contribution in [2.45, 2.75) is 13.5 Å². The molecule has 0 bridgehead atoms. The summed E-state index contributed by atoms with van der Waals surface area (Å²) in [6, 6.07) is 15.0. The average molecular weight is 367 g/mol. The Labute approximate surface area is 155 Å². The van der Waals surface area contributed by atoms with Crippen molar-refractivity contribution < 1.29 is 14.0 Å². The van der Waals surface area contributed by atoms with Crippen molar-refractivity contribution >= 4 is 17.8 Å². The number of nitrogens with one attached hydrogen (secondary N) is 1. The number of amides is 2. The minimum atomic E-state index is -1.03. The molecule has 8 heteroatoms. The number of aromatic nitrogens is 3. The van der Waals surface area contributed by atoms with Crippen LogP contribution in [-0.4, -0.2) is 27.0 Å². The second-order valence-corrected chi connectivity index (χ2v) is 6.02. The van der Waals surface area contributed by atoms with Crippen molar-refractivity contribution in [3.63, 3.8) is 0 Å². The highest BCUT2D eigenvalue weighted by Gasteiger charge is 2.28. The molecule has 0 spiro atoms. The maximum atomic E-state index is 13.1. The van der Waals surface area contributed by atoms with E-state index in [1.807, 2.05) is 30.3 Å². The maximum absolute atomic E-state index is 13.1. The van der Waals surface area contributed by atoms with Crippen molar-refractivity contribution in [2.75, 3.05) is 4.90 Å². The van der Waals surface area contributed by atoms with Crippen molar-refractivity contribution in [2.24, 2.45) is 11.7 Å². The van der Waals surface area contributed by atoms with Crippen LogP contribution in [0, 0.1) is 11.7 Å². The fourth-order valence-electron chi connectivity index (χ4n) is 2.48. The Kier molecular flexibility index (Phi) is 5.25. The molecule has 1 atom stereocenters. The predicted molar refractivity (Wildman–Crippen MR) is 97.8 cm³/mol. The smallest absolute Gasteiger partial charge is 0.252 e. The molecule has 0 saturated carbocycles. The molecule has 1 heterocycles. The summed E-state index contributed by atoms with van der Waals surface area (Å²) in [5, 5.41) is 6.83. The number of primary amides is 1. The largest absolute Gasteiger partial charge is 0.369 e. The van der Waals surface area contributed by atoms with Crippen LogP contribution in [0.25, 0.3) is 11.4 Å². The lowest BCUT2D eigenvalue weighted by Gasteiger charge is -2.21. The van der Waals surface area contributed by atoms with Crippen LogP contribution in [0.3, 0.4) is 0 Å². The Balaban J connectivity index is 1.93. The number of anilines is 1. The molecule has 0 radical (unpaired) electrons. The van der Waals surface area contributed by atoms with Gasteiger partial charge >= 0.3 is 0 Å². The van der Waals surface area contributed by atoms with E-state index in [1.165, 1.54) is 24.0 Å². The van der Waals surface area contributed by atoms with E-state index in [0.717, 1.165) is 5.56 Å². The molecule has 3 N–H and O–H groups in total. The van der Waals surface area contributed by atoms with Crippen LogP contribution in [0.4, 0.5) is 10.3 Å². The van der Waals surface area contributed by atoms with Crippen LogP contribution < -0.4 is 10.6 Å². The van der Waals surface area contributed by atoms with Crippen LogP contribution >= 0.6 is 0 Å². The van der Waals surface area contributed by atoms with Crippen molar-refractivity contribution in [1.82, 2.24) is 15.2 Å². The number of carbonyl (C=O) groups is 2. The molecular formula is C19H18FN5O2. The van der Waals surface area contributed by atoms with Gasteiger partial charge in [-0.05, 0) is 36.8 Å². The molecular weight excluding hydrogens is 349 g/mol. The molecule has 1 unspecified atom stereocenters. The van der Waals surface area contributed by atoms with Gasteiger partial charge in [0.05, 0.1) is 6.54 Å². The third-order valence-electron chi connectivity index (χ3n) is 4.08. The Morgan fingerprint density at radius 3 is 2.44 bits per heavy atom. The quantitative estimate of drug-likeness (QED) is 0.652. The van der Waals surface area contributed by atoms with Crippen LogP contribution in [0.15, 0.2) is 54.6 Å². The molecule has 3 rings (SSSR count). The first kappa shape index (κ1) is 18.2. The number of nitrogens with two attached hydrogens (primary N) is 1. The molecule has 0 aliphatic rings. The van der Waals surface area contributed by atoms with Gasteiger partial charge in [-0.3, -0.25) is 19.6 Å². The SMILES string of the molecule is CC(C(N)=O)C(=O)N(Cc1ccccc1)c1n[nH]c(-c2ccc(F)cc2)n1. The molecule has 2 aromatic carbocycles. The summed E-state index contributed by atoms with van der Waals surface area (Å²) in [6.45, 7) is 1.62. The van der Waals surface area contributed by atoms with Crippen LogP contribution in [0.5, 0.6) is 0 Å². The number of carbonyl (C=O) groups excluding carboxylic acids is 2. The zero-order valence-corrected chi connectivity index (χ0v) is 14.6. The Morgan fingerprint density at radius 1 is 1.15 bits per heavy atom. The molecule has 0 saturated heterocycles.